The van der Waals surface area contributed by atoms with Gasteiger partial charge in [0, 0.05) is 11.6 Å². The highest BCUT2D eigenvalue weighted by molar-refractivity contribution is 7.92. The van der Waals surface area contributed by atoms with E-state index in [0.717, 1.165) is 5.56 Å². The van der Waals surface area contributed by atoms with Gasteiger partial charge in [-0.05, 0) is 54.8 Å². The van der Waals surface area contributed by atoms with Crippen LogP contribution in [0, 0.1) is 0 Å². The molecule has 1 aliphatic rings. The van der Waals surface area contributed by atoms with Crippen LogP contribution >= 0.6 is 34.8 Å². The summed E-state index contributed by atoms with van der Waals surface area (Å²) in [6, 6.07) is 14.2. The maximum atomic E-state index is 13.3. The summed E-state index contributed by atoms with van der Waals surface area (Å²) >= 11 is 18.2. The van der Waals surface area contributed by atoms with Gasteiger partial charge in [-0.15, -0.1) is 0 Å². The van der Waals surface area contributed by atoms with Crippen molar-refractivity contribution < 1.29 is 28.2 Å². The van der Waals surface area contributed by atoms with Gasteiger partial charge in [-0.1, -0.05) is 53.0 Å². The van der Waals surface area contributed by atoms with Crippen LogP contribution in [0.15, 0.2) is 59.5 Å². The first kappa shape index (κ1) is 27.7. The predicted molar refractivity (Wildman–Crippen MR) is 138 cm³/mol. The minimum absolute atomic E-state index is 0.0759. The van der Waals surface area contributed by atoms with Gasteiger partial charge in [-0.25, -0.2) is 22.5 Å². The normalized spacial score (nSPS) is 12.7. The molecular weight excluding hydrogens is 553 g/mol. The fourth-order valence-electron chi connectivity index (χ4n) is 3.36. The average molecular weight is 573 g/mol. The van der Waals surface area contributed by atoms with Crippen molar-refractivity contribution in [3.63, 3.8) is 0 Å². The molecule has 36 heavy (non-hydrogen) atoms. The Kier molecular flexibility index (Phi) is 9.15. The molecule has 0 aliphatic carbocycles. The van der Waals surface area contributed by atoms with Crippen molar-refractivity contribution in [2.75, 3.05) is 22.8 Å². The molecule has 0 radical (unpaired) electrons. The van der Waals surface area contributed by atoms with Crippen molar-refractivity contribution in [3.05, 3.63) is 80.8 Å². The Morgan fingerprint density at radius 3 is 2.28 bits per heavy atom. The molecule has 190 valence electrons. The molecule has 3 N–H and O–H groups in total. The molecule has 0 saturated carbocycles. The Hall–Kier alpha value is -2.89. The van der Waals surface area contributed by atoms with Gasteiger partial charge in [0.05, 0.1) is 20.5 Å². The smallest absolute Gasteiger partial charge is 0.329 e. The summed E-state index contributed by atoms with van der Waals surface area (Å²) in [6.45, 7) is -0.511. The van der Waals surface area contributed by atoms with Crippen LogP contribution in [0.4, 0.5) is 11.6 Å². The number of aliphatic carboxylic acids is 1. The largest absolute Gasteiger partial charge is 0.480 e. The maximum Gasteiger partial charge on any atom is 0.329 e. The molecular formula is C23H20Cl3N3O6S. The van der Waals surface area contributed by atoms with E-state index in [0.29, 0.717) is 17.9 Å². The number of sulfonamides is 1. The number of halogens is 3. The summed E-state index contributed by atoms with van der Waals surface area (Å²) in [5, 5.41) is 18.4. The number of fused-ring (bicyclic) bond motifs is 1. The zero-order chi connectivity index (χ0) is 26.5. The van der Waals surface area contributed by atoms with E-state index < -0.39 is 28.5 Å². The number of aliphatic hydroxyl groups excluding tert-OH is 1. The van der Waals surface area contributed by atoms with E-state index in [-0.39, 0.29) is 38.7 Å². The van der Waals surface area contributed by atoms with E-state index in [4.69, 9.17) is 49.8 Å². The van der Waals surface area contributed by atoms with E-state index in [2.05, 4.69) is 10.3 Å². The van der Waals surface area contributed by atoms with Gasteiger partial charge in [-0.3, -0.25) is 4.79 Å². The van der Waals surface area contributed by atoms with E-state index in [1.54, 1.807) is 42.5 Å². The first-order chi connectivity index (χ1) is 17.0. The Morgan fingerprint density at radius 1 is 1.03 bits per heavy atom. The molecule has 1 aromatic heterocycles. The number of aromatic nitrogens is 1. The molecule has 2 heterocycles. The number of carbonyl (C=O) groups excluding carboxylic acids is 1. The Balaban J connectivity index is 0.000000658. The van der Waals surface area contributed by atoms with Crippen LogP contribution in [0.1, 0.15) is 22.3 Å². The number of anilines is 2. The van der Waals surface area contributed by atoms with Crippen molar-refractivity contribution in [3.8, 4) is 0 Å². The van der Waals surface area contributed by atoms with Crippen molar-refractivity contribution in [2.45, 2.75) is 17.7 Å². The van der Waals surface area contributed by atoms with Gasteiger partial charge in [0.25, 0.3) is 15.9 Å². The highest BCUT2D eigenvalue weighted by Gasteiger charge is 2.31. The van der Waals surface area contributed by atoms with Crippen LogP contribution in [0.3, 0.4) is 0 Å². The third kappa shape index (κ3) is 6.45. The molecule has 1 aliphatic heterocycles. The van der Waals surface area contributed by atoms with Gasteiger partial charge < -0.3 is 15.5 Å². The molecule has 2 aromatic carbocycles. The number of aryl methyl sites for hydroxylation is 1. The SMILES string of the molecule is O=C(Nc1ccc2c(n1)N(S(=O)(=O)c1cccc(Cl)c1)CCC2)c1c(Cl)cccc1Cl.O=C(O)CO. The molecule has 0 fully saturated rings. The number of nitrogens with one attached hydrogen (secondary N) is 1. The molecule has 0 unspecified atom stereocenters. The molecule has 9 nitrogen and oxygen atoms in total. The third-order valence-electron chi connectivity index (χ3n) is 4.95. The second-order valence-corrected chi connectivity index (χ2v) is 10.5. The minimum Gasteiger partial charge on any atom is -0.480 e. The second kappa shape index (κ2) is 11.9. The Bertz CT molecular complexity index is 1380. The van der Waals surface area contributed by atoms with Gasteiger partial charge in [-0.2, -0.15) is 0 Å². The summed E-state index contributed by atoms with van der Waals surface area (Å²) in [4.78, 5) is 26.3. The summed E-state index contributed by atoms with van der Waals surface area (Å²) in [5.74, 6) is -1.27. The second-order valence-electron chi connectivity index (χ2n) is 7.42. The van der Waals surface area contributed by atoms with E-state index >= 15 is 0 Å². The van der Waals surface area contributed by atoms with Crippen LogP contribution in [-0.2, 0) is 21.2 Å². The highest BCUT2D eigenvalue weighted by atomic mass is 35.5. The Morgan fingerprint density at radius 2 is 1.67 bits per heavy atom. The van der Waals surface area contributed by atoms with Crippen LogP contribution < -0.4 is 9.62 Å². The number of rotatable bonds is 5. The number of carbonyl (C=O) groups is 2. The van der Waals surface area contributed by atoms with E-state index in [9.17, 15) is 13.2 Å². The number of benzene rings is 2. The van der Waals surface area contributed by atoms with E-state index in [1.165, 1.54) is 16.4 Å². The molecule has 0 spiro atoms. The number of carboxylic acids is 1. The lowest BCUT2D eigenvalue weighted by molar-refractivity contribution is -0.140. The maximum absolute atomic E-state index is 13.3. The number of hydrogen-bond acceptors (Lipinski definition) is 6. The first-order valence-electron chi connectivity index (χ1n) is 10.4. The van der Waals surface area contributed by atoms with Gasteiger partial charge in [0.15, 0.2) is 0 Å². The Labute approximate surface area is 222 Å². The molecule has 13 heteroatoms. The molecule has 3 aromatic rings. The van der Waals surface area contributed by atoms with Gasteiger partial charge in [0.2, 0.25) is 0 Å². The number of amides is 1. The van der Waals surface area contributed by atoms with Crippen LogP contribution in [0.5, 0.6) is 0 Å². The third-order valence-corrected chi connectivity index (χ3v) is 7.60. The van der Waals surface area contributed by atoms with Crippen LogP contribution in [0.25, 0.3) is 0 Å². The van der Waals surface area contributed by atoms with Gasteiger partial charge >= 0.3 is 5.97 Å². The van der Waals surface area contributed by atoms with Gasteiger partial charge in [0.1, 0.15) is 18.2 Å². The highest BCUT2D eigenvalue weighted by Crippen LogP contribution is 2.32. The fraction of sp³-hybridized carbons (Fsp3) is 0.174. The minimum atomic E-state index is -3.88. The fourth-order valence-corrected chi connectivity index (χ4v) is 5.72. The number of hydrogen-bond donors (Lipinski definition) is 3. The van der Waals surface area contributed by atoms with Crippen molar-refractivity contribution in [2.24, 2.45) is 0 Å². The first-order valence-corrected chi connectivity index (χ1v) is 13.0. The predicted octanol–water partition coefficient (Wildman–Crippen LogP) is 4.50. The average Bonchev–Trinajstić information content (AvgIpc) is 2.84. The lowest BCUT2D eigenvalue weighted by atomic mass is 10.1. The standard InChI is InChI=1S/C21H16Cl3N3O3S.C2H4O3/c22-14-5-1-6-15(12-14)31(29,30)27-11-3-4-13-9-10-18(25-20(13)27)26-21(28)19-16(23)7-2-8-17(19)24;3-1-2(4)5/h1-2,5-10,12H,3-4,11H2,(H,25,26,28);3H,1H2,(H,4,5). The summed E-state index contributed by atoms with van der Waals surface area (Å²) < 4.78 is 27.7. The van der Waals surface area contributed by atoms with E-state index in [1.807, 2.05) is 0 Å². The topological polar surface area (TPSA) is 137 Å². The number of nitrogens with zero attached hydrogens (tertiary/aromatic N) is 2. The quantitative estimate of drug-likeness (QED) is 0.409. The van der Waals surface area contributed by atoms with Crippen molar-refractivity contribution in [1.29, 1.82) is 0 Å². The van der Waals surface area contributed by atoms with Crippen LogP contribution in [-0.4, -0.2) is 48.6 Å². The van der Waals surface area contributed by atoms with Crippen molar-refractivity contribution in [1.82, 2.24) is 4.98 Å². The molecule has 0 bridgehead atoms. The molecule has 0 atom stereocenters. The number of carboxylic acid groups (broad SMARTS) is 1. The number of pyridine rings is 1. The summed E-state index contributed by atoms with van der Waals surface area (Å²) in [7, 11) is -3.88. The van der Waals surface area contributed by atoms with Crippen LogP contribution in [0.2, 0.25) is 15.1 Å². The summed E-state index contributed by atoms with van der Waals surface area (Å²) in [5.41, 5.74) is 0.888. The zero-order valence-corrected chi connectivity index (χ0v) is 21.6. The van der Waals surface area contributed by atoms with Crippen molar-refractivity contribution >= 4 is 68.3 Å². The summed E-state index contributed by atoms with van der Waals surface area (Å²) in [6.07, 6.45) is 1.32. The lowest BCUT2D eigenvalue weighted by Crippen LogP contribution is -2.36. The lowest BCUT2D eigenvalue weighted by Gasteiger charge is -2.29. The molecule has 4 rings (SSSR count). The molecule has 1 amide bonds. The monoisotopic (exact) mass is 571 g/mol. The number of aliphatic hydroxyl groups is 1. The molecule has 0 saturated heterocycles. The zero-order valence-electron chi connectivity index (χ0n) is 18.5.